The summed E-state index contributed by atoms with van der Waals surface area (Å²) < 4.78 is 3.44. The molecule has 3 aromatic rings. The van der Waals surface area contributed by atoms with Gasteiger partial charge in [-0.15, -0.1) is 0 Å². The van der Waals surface area contributed by atoms with Crippen molar-refractivity contribution < 1.29 is 0 Å². The number of aromatic nitrogens is 4. The van der Waals surface area contributed by atoms with Crippen LogP contribution < -0.4 is 5.56 Å². The zero-order valence-electron chi connectivity index (χ0n) is 15.1. The van der Waals surface area contributed by atoms with Gasteiger partial charge in [0.2, 0.25) is 0 Å². The molecule has 0 N–H and O–H groups in total. The third kappa shape index (κ3) is 2.77. The molecular weight excluding hydrogens is 312 g/mol. The molecule has 25 heavy (non-hydrogen) atoms. The van der Waals surface area contributed by atoms with E-state index in [-0.39, 0.29) is 5.56 Å². The monoisotopic (exact) mass is 336 g/mol. The Hall–Kier alpha value is -2.43. The van der Waals surface area contributed by atoms with Crippen LogP contribution >= 0.6 is 0 Å². The SMILES string of the molecule is CCCCn1nc(C2CC2)c2cnn(-c3ccc(C)c(C)c3)c2c1=O. The molecule has 1 saturated carbocycles. The molecule has 5 nitrogen and oxygen atoms in total. The van der Waals surface area contributed by atoms with Crippen molar-refractivity contribution in [2.75, 3.05) is 0 Å². The van der Waals surface area contributed by atoms with Gasteiger partial charge in [0.15, 0.2) is 0 Å². The highest BCUT2D eigenvalue weighted by molar-refractivity contribution is 5.82. The van der Waals surface area contributed by atoms with E-state index in [4.69, 9.17) is 0 Å². The van der Waals surface area contributed by atoms with Crippen LogP contribution in [0.15, 0.2) is 29.2 Å². The zero-order chi connectivity index (χ0) is 17.6. The summed E-state index contributed by atoms with van der Waals surface area (Å²) in [5.74, 6) is 0.480. The van der Waals surface area contributed by atoms with Gasteiger partial charge in [0, 0.05) is 17.8 Å². The van der Waals surface area contributed by atoms with Crippen LogP contribution in [0.5, 0.6) is 0 Å². The highest BCUT2D eigenvalue weighted by Crippen LogP contribution is 2.41. The maximum atomic E-state index is 13.1. The van der Waals surface area contributed by atoms with Gasteiger partial charge < -0.3 is 0 Å². The van der Waals surface area contributed by atoms with E-state index in [2.05, 4.69) is 43.1 Å². The molecule has 0 spiro atoms. The predicted molar refractivity (Wildman–Crippen MR) is 99.5 cm³/mol. The van der Waals surface area contributed by atoms with E-state index in [0.29, 0.717) is 18.0 Å². The first kappa shape index (κ1) is 16.1. The van der Waals surface area contributed by atoms with Gasteiger partial charge in [0.05, 0.1) is 17.6 Å². The number of hydrogen-bond donors (Lipinski definition) is 0. The molecule has 2 aromatic heterocycles. The van der Waals surface area contributed by atoms with Crippen LogP contribution in [-0.2, 0) is 6.54 Å². The van der Waals surface area contributed by atoms with E-state index in [9.17, 15) is 4.79 Å². The summed E-state index contributed by atoms with van der Waals surface area (Å²) in [4.78, 5) is 13.1. The van der Waals surface area contributed by atoms with E-state index < -0.39 is 0 Å². The summed E-state index contributed by atoms with van der Waals surface area (Å²) in [6.45, 7) is 6.97. The molecule has 0 unspecified atom stereocenters. The lowest BCUT2D eigenvalue weighted by atomic mass is 10.1. The molecule has 1 aromatic carbocycles. The number of unbranched alkanes of at least 4 members (excludes halogenated alkanes) is 1. The van der Waals surface area contributed by atoms with Gasteiger partial charge in [-0.2, -0.15) is 10.2 Å². The Morgan fingerprint density at radius 1 is 1.20 bits per heavy atom. The molecule has 5 heteroatoms. The Morgan fingerprint density at radius 3 is 2.68 bits per heavy atom. The maximum absolute atomic E-state index is 13.1. The Balaban J connectivity index is 1.95. The Kier molecular flexibility index (Phi) is 3.94. The largest absolute Gasteiger partial charge is 0.293 e. The summed E-state index contributed by atoms with van der Waals surface area (Å²) >= 11 is 0. The summed E-state index contributed by atoms with van der Waals surface area (Å²) in [5, 5.41) is 10.2. The van der Waals surface area contributed by atoms with Crippen LogP contribution in [-0.4, -0.2) is 19.6 Å². The van der Waals surface area contributed by atoms with Crippen LogP contribution in [0.3, 0.4) is 0 Å². The van der Waals surface area contributed by atoms with Gasteiger partial charge in [0.1, 0.15) is 5.52 Å². The third-order valence-electron chi connectivity index (χ3n) is 5.13. The fourth-order valence-electron chi connectivity index (χ4n) is 3.26. The van der Waals surface area contributed by atoms with Crippen molar-refractivity contribution in [1.29, 1.82) is 0 Å². The van der Waals surface area contributed by atoms with Gasteiger partial charge in [-0.3, -0.25) is 4.79 Å². The fourth-order valence-corrected chi connectivity index (χ4v) is 3.26. The van der Waals surface area contributed by atoms with Crippen LogP contribution in [0.25, 0.3) is 16.6 Å². The summed E-state index contributed by atoms with van der Waals surface area (Å²) in [6.07, 6.45) is 6.13. The third-order valence-corrected chi connectivity index (χ3v) is 5.13. The van der Waals surface area contributed by atoms with E-state index >= 15 is 0 Å². The van der Waals surface area contributed by atoms with E-state index in [1.165, 1.54) is 11.1 Å². The second-order valence-electron chi connectivity index (χ2n) is 7.13. The lowest BCUT2D eigenvalue weighted by Gasteiger charge is -2.10. The molecular formula is C20H24N4O. The minimum Gasteiger partial charge on any atom is -0.265 e. The quantitative estimate of drug-likeness (QED) is 0.710. The number of benzene rings is 1. The Labute approximate surface area is 147 Å². The number of hydrogen-bond acceptors (Lipinski definition) is 3. The van der Waals surface area contributed by atoms with Crippen molar-refractivity contribution in [3.63, 3.8) is 0 Å². The maximum Gasteiger partial charge on any atom is 0.293 e. The molecule has 0 aliphatic heterocycles. The van der Waals surface area contributed by atoms with Crippen molar-refractivity contribution in [2.45, 2.75) is 58.9 Å². The standard InChI is InChI=1S/C20H24N4O/c1-4-5-10-23-20(25)19-17(18(22-23)15-7-8-15)12-21-24(19)16-9-6-13(2)14(3)11-16/h6,9,11-12,15H,4-5,7-8,10H2,1-3H3. The van der Waals surface area contributed by atoms with Crippen LogP contribution in [0.4, 0.5) is 0 Å². The van der Waals surface area contributed by atoms with Gasteiger partial charge in [-0.05, 0) is 56.4 Å². The van der Waals surface area contributed by atoms with Crippen LogP contribution in [0, 0.1) is 13.8 Å². The molecule has 1 fully saturated rings. The number of aryl methyl sites for hydroxylation is 3. The topological polar surface area (TPSA) is 52.7 Å². The summed E-state index contributed by atoms with van der Waals surface area (Å²) in [5.41, 5.74) is 5.04. The van der Waals surface area contributed by atoms with Gasteiger partial charge in [-0.1, -0.05) is 19.4 Å². The Bertz CT molecular complexity index is 995. The highest BCUT2D eigenvalue weighted by atomic mass is 16.1. The first-order valence-corrected chi connectivity index (χ1v) is 9.16. The summed E-state index contributed by atoms with van der Waals surface area (Å²) in [6, 6.07) is 6.20. The smallest absolute Gasteiger partial charge is 0.265 e. The molecule has 0 saturated heterocycles. The number of rotatable bonds is 5. The number of nitrogens with zero attached hydrogens (tertiary/aromatic N) is 4. The van der Waals surface area contributed by atoms with Crippen molar-refractivity contribution >= 4 is 10.9 Å². The minimum absolute atomic E-state index is 0.0384. The fraction of sp³-hybridized carbons (Fsp3) is 0.450. The van der Waals surface area contributed by atoms with Crippen molar-refractivity contribution in [2.24, 2.45) is 0 Å². The van der Waals surface area contributed by atoms with Crippen LogP contribution in [0.1, 0.15) is 55.3 Å². The molecule has 0 bridgehead atoms. The molecule has 130 valence electrons. The average Bonchev–Trinajstić information content (AvgIpc) is 3.35. The molecule has 2 heterocycles. The summed E-state index contributed by atoms with van der Waals surface area (Å²) in [7, 11) is 0. The highest BCUT2D eigenvalue weighted by Gasteiger charge is 2.30. The molecule has 1 aliphatic rings. The van der Waals surface area contributed by atoms with Crippen molar-refractivity contribution in [3.05, 3.63) is 51.6 Å². The second-order valence-corrected chi connectivity index (χ2v) is 7.13. The van der Waals surface area contributed by atoms with E-state index in [1.807, 2.05) is 12.3 Å². The molecule has 0 atom stereocenters. The van der Waals surface area contributed by atoms with Crippen LogP contribution in [0.2, 0.25) is 0 Å². The van der Waals surface area contributed by atoms with Gasteiger partial charge >= 0.3 is 0 Å². The lowest BCUT2D eigenvalue weighted by molar-refractivity contribution is 0.537. The van der Waals surface area contributed by atoms with Crippen molar-refractivity contribution in [1.82, 2.24) is 19.6 Å². The number of fused-ring (bicyclic) bond motifs is 1. The zero-order valence-corrected chi connectivity index (χ0v) is 15.1. The van der Waals surface area contributed by atoms with E-state index in [1.54, 1.807) is 9.36 Å². The predicted octanol–water partition coefficient (Wildman–Crippen LogP) is 3.88. The molecule has 1 aliphatic carbocycles. The first-order chi connectivity index (χ1) is 12.1. The molecule has 4 rings (SSSR count). The first-order valence-electron chi connectivity index (χ1n) is 9.16. The normalized spacial score (nSPS) is 14.4. The lowest BCUT2D eigenvalue weighted by Crippen LogP contribution is -2.26. The van der Waals surface area contributed by atoms with Gasteiger partial charge in [-0.25, -0.2) is 9.36 Å². The second kappa shape index (κ2) is 6.14. The van der Waals surface area contributed by atoms with Crippen molar-refractivity contribution in [3.8, 4) is 5.69 Å². The Morgan fingerprint density at radius 2 is 2.00 bits per heavy atom. The molecule has 0 amide bonds. The minimum atomic E-state index is -0.0384. The van der Waals surface area contributed by atoms with Gasteiger partial charge in [0.25, 0.3) is 5.56 Å². The average molecular weight is 336 g/mol. The van der Waals surface area contributed by atoms with E-state index in [0.717, 1.165) is 42.5 Å². The molecule has 0 radical (unpaired) electrons.